The average Bonchev–Trinajstić information content (AvgIpc) is 2.67. The van der Waals surface area contributed by atoms with Crippen molar-refractivity contribution in [2.45, 2.75) is 26.2 Å². The van der Waals surface area contributed by atoms with Crippen LogP contribution in [0.25, 0.3) is 0 Å². The average molecular weight is 402 g/mol. The largest absolute Gasteiger partial charge is 0.508 e. The summed E-state index contributed by atoms with van der Waals surface area (Å²) in [6.45, 7) is 3.32. The first-order valence-electron chi connectivity index (χ1n) is 9.46. The van der Waals surface area contributed by atoms with Crippen molar-refractivity contribution in [1.29, 1.82) is 0 Å². The van der Waals surface area contributed by atoms with Gasteiger partial charge in [-0.1, -0.05) is 31.0 Å². The smallest absolute Gasteiger partial charge is 0.254 e. The second kappa shape index (κ2) is 9.06. The summed E-state index contributed by atoms with van der Waals surface area (Å²) in [6, 6.07) is 9.77. The van der Waals surface area contributed by atoms with Crippen molar-refractivity contribution in [3.05, 3.63) is 53.3 Å². The summed E-state index contributed by atoms with van der Waals surface area (Å²) in [4.78, 5) is 30.9. The zero-order chi connectivity index (χ0) is 20.1. The van der Waals surface area contributed by atoms with E-state index < -0.39 is 0 Å². The molecule has 0 radical (unpaired) electrons. The van der Waals surface area contributed by atoms with Gasteiger partial charge in [-0.2, -0.15) is 0 Å². The molecule has 7 heteroatoms. The Hall–Kier alpha value is -2.60. The van der Waals surface area contributed by atoms with Crippen LogP contribution in [0.2, 0.25) is 5.15 Å². The van der Waals surface area contributed by atoms with Crippen molar-refractivity contribution in [2.75, 3.05) is 18.4 Å². The molecule has 148 valence electrons. The van der Waals surface area contributed by atoms with E-state index in [1.165, 1.54) is 12.3 Å². The lowest BCUT2D eigenvalue weighted by Gasteiger charge is -2.38. The summed E-state index contributed by atoms with van der Waals surface area (Å²) in [5.41, 5.74) is 1.12. The molecule has 1 aliphatic rings. The number of pyridine rings is 1. The number of nitrogens with zero attached hydrogens (tertiary/aromatic N) is 2. The van der Waals surface area contributed by atoms with Gasteiger partial charge < -0.3 is 15.3 Å². The van der Waals surface area contributed by atoms with Gasteiger partial charge in [-0.15, -0.1) is 0 Å². The molecule has 2 heterocycles. The monoisotopic (exact) mass is 401 g/mol. The molecule has 1 aromatic carbocycles. The quantitative estimate of drug-likeness (QED) is 0.743. The summed E-state index contributed by atoms with van der Waals surface area (Å²) < 4.78 is 0. The molecule has 0 aliphatic carbocycles. The van der Waals surface area contributed by atoms with Gasteiger partial charge >= 0.3 is 0 Å². The Balaban J connectivity index is 1.59. The van der Waals surface area contributed by atoms with Crippen molar-refractivity contribution in [3.8, 4) is 5.75 Å². The van der Waals surface area contributed by atoms with Gasteiger partial charge in [0.25, 0.3) is 5.91 Å². The van der Waals surface area contributed by atoms with Gasteiger partial charge in [-0.05, 0) is 42.5 Å². The van der Waals surface area contributed by atoms with Gasteiger partial charge in [0.2, 0.25) is 5.91 Å². The van der Waals surface area contributed by atoms with Gasteiger partial charge in [0.15, 0.2) is 0 Å². The molecule has 2 N–H and O–H groups in total. The highest BCUT2D eigenvalue weighted by molar-refractivity contribution is 6.29. The molecule has 1 aliphatic heterocycles. The first-order valence-corrected chi connectivity index (χ1v) is 9.83. The molecule has 1 aromatic heterocycles. The number of hydrogen-bond acceptors (Lipinski definition) is 4. The number of carbonyl (C=O) groups excluding carboxylic acids is 2. The molecule has 0 saturated carbocycles. The van der Waals surface area contributed by atoms with Crippen LogP contribution < -0.4 is 5.32 Å². The topological polar surface area (TPSA) is 82.5 Å². The first-order chi connectivity index (χ1) is 13.5. The Morgan fingerprint density at radius 2 is 2.11 bits per heavy atom. The van der Waals surface area contributed by atoms with E-state index in [0.717, 1.165) is 12.8 Å². The summed E-state index contributed by atoms with van der Waals surface area (Å²) in [5, 5.41) is 12.7. The predicted octanol–water partition coefficient (Wildman–Crippen LogP) is 3.96. The standard InChI is InChI=1S/C21H24ClN3O3/c1-2-14-13-25(21(28)16-6-8-23-19(22)10-16)9-7-15(14)11-20(27)24-17-4-3-5-18(26)12-17/h3-6,8,10,12,14-15,26H,2,7,9,11,13H2,1H3,(H,24,27)/t14-,15+/m1/s1. The van der Waals surface area contributed by atoms with E-state index in [1.807, 2.05) is 4.90 Å². The number of phenolic OH excluding ortho intramolecular Hbond substituents is 1. The number of piperidine rings is 1. The Morgan fingerprint density at radius 3 is 2.82 bits per heavy atom. The summed E-state index contributed by atoms with van der Waals surface area (Å²) >= 11 is 5.90. The minimum absolute atomic E-state index is 0.0505. The van der Waals surface area contributed by atoms with Crippen LogP contribution in [-0.2, 0) is 4.79 Å². The lowest BCUT2D eigenvalue weighted by atomic mass is 9.81. The fourth-order valence-electron chi connectivity index (χ4n) is 3.75. The zero-order valence-corrected chi connectivity index (χ0v) is 16.5. The van der Waals surface area contributed by atoms with E-state index in [1.54, 1.807) is 30.3 Å². The molecular weight excluding hydrogens is 378 g/mol. The van der Waals surface area contributed by atoms with E-state index in [0.29, 0.717) is 35.9 Å². The molecular formula is C21H24ClN3O3. The number of likely N-dealkylation sites (tertiary alicyclic amines) is 1. The van der Waals surface area contributed by atoms with Crippen LogP contribution in [-0.4, -0.2) is 39.9 Å². The normalized spacial score (nSPS) is 19.3. The number of aromatic nitrogens is 1. The maximum atomic E-state index is 12.8. The predicted molar refractivity (Wildman–Crippen MR) is 108 cm³/mol. The van der Waals surface area contributed by atoms with Crippen molar-refractivity contribution >= 4 is 29.1 Å². The third-order valence-corrected chi connectivity index (χ3v) is 5.46. The Kier molecular flexibility index (Phi) is 6.52. The molecule has 1 fully saturated rings. The molecule has 1 saturated heterocycles. The number of benzene rings is 1. The minimum Gasteiger partial charge on any atom is -0.508 e. The fourth-order valence-corrected chi connectivity index (χ4v) is 3.92. The fraction of sp³-hybridized carbons (Fsp3) is 0.381. The van der Waals surface area contributed by atoms with E-state index >= 15 is 0 Å². The number of halogens is 1. The Labute approximate surface area is 169 Å². The third kappa shape index (κ3) is 5.01. The highest BCUT2D eigenvalue weighted by Gasteiger charge is 2.32. The molecule has 2 aromatic rings. The summed E-state index contributed by atoms with van der Waals surface area (Å²) in [5.74, 6) is 0.463. The molecule has 0 unspecified atom stereocenters. The Morgan fingerprint density at radius 1 is 1.29 bits per heavy atom. The first kappa shape index (κ1) is 20.1. The number of aromatic hydroxyl groups is 1. The number of hydrogen-bond donors (Lipinski definition) is 2. The van der Waals surface area contributed by atoms with Gasteiger partial charge in [0.1, 0.15) is 10.9 Å². The molecule has 0 spiro atoms. The second-order valence-electron chi connectivity index (χ2n) is 7.14. The van der Waals surface area contributed by atoms with Crippen LogP contribution in [0.5, 0.6) is 5.75 Å². The summed E-state index contributed by atoms with van der Waals surface area (Å²) in [6.07, 6.45) is 3.60. The van der Waals surface area contributed by atoms with Gasteiger partial charge in [-0.3, -0.25) is 9.59 Å². The number of amides is 2. The third-order valence-electron chi connectivity index (χ3n) is 5.25. The molecule has 0 bridgehead atoms. The van der Waals surface area contributed by atoms with Crippen LogP contribution in [0.15, 0.2) is 42.6 Å². The number of rotatable bonds is 5. The number of carbonyl (C=O) groups is 2. The SMILES string of the molecule is CC[C@@H]1CN(C(=O)c2ccnc(Cl)c2)CC[C@H]1CC(=O)Nc1cccc(O)c1. The highest BCUT2D eigenvalue weighted by Crippen LogP contribution is 2.30. The van der Waals surface area contributed by atoms with Crippen LogP contribution in [0.3, 0.4) is 0 Å². The number of anilines is 1. The lowest BCUT2D eigenvalue weighted by molar-refractivity contribution is -0.117. The van der Waals surface area contributed by atoms with E-state index in [-0.39, 0.29) is 29.4 Å². The lowest BCUT2D eigenvalue weighted by Crippen LogP contribution is -2.44. The number of nitrogens with one attached hydrogen (secondary N) is 1. The van der Waals surface area contributed by atoms with Crippen LogP contribution >= 0.6 is 11.6 Å². The van der Waals surface area contributed by atoms with Crippen molar-refractivity contribution in [1.82, 2.24) is 9.88 Å². The minimum atomic E-state index is -0.0743. The number of phenols is 1. The van der Waals surface area contributed by atoms with E-state index in [2.05, 4.69) is 17.2 Å². The zero-order valence-electron chi connectivity index (χ0n) is 15.8. The van der Waals surface area contributed by atoms with Gasteiger partial charge in [-0.25, -0.2) is 4.98 Å². The van der Waals surface area contributed by atoms with Crippen LogP contribution in [0.4, 0.5) is 5.69 Å². The molecule has 2 atom stereocenters. The van der Waals surface area contributed by atoms with E-state index in [9.17, 15) is 14.7 Å². The van der Waals surface area contributed by atoms with Crippen LogP contribution in [0.1, 0.15) is 36.5 Å². The van der Waals surface area contributed by atoms with Gasteiger partial charge in [0.05, 0.1) is 0 Å². The molecule has 3 rings (SSSR count). The Bertz CT molecular complexity index is 858. The van der Waals surface area contributed by atoms with E-state index in [4.69, 9.17) is 11.6 Å². The molecule has 2 amide bonds. The van der Waals surface area contributed by atoms with Crippen LogP contribution in [0, 0.1) is 11.8 Å². The second-order valence-corrected chi connectivity index (χ2v) is 7.53. The van der Waals surface area contributed by atoms with Crippen molar-refractivity contribution < 1.29 is 14.7 Å². The maximum Gasteiger partial charge on any atom is 0.254 e. The highest BCUT2D eigenvalue weighted by atomic mass is 35.5. The molecule has 28 heavy (non-hydrogen) atoms. The van der Waals surface area contributed by atoms with Gasteiger partial charge in [0, 0.05) is 43.0 Å². The summed E-state index contributed by atoms with van der Waals surface area (Å²) in [7, 11) is 0. The molecule has 6 nitrogen and oxygen atoms in total. The van der Waals surface area contributed by atoms with Crippen molar-refractivity contribution in [3.63, 3.8) is 0 Å². The van der Waals surface area contributed by atoms with Crippen molar-refractivity contribution in [2.24, 2.45) is 11.8 Å². The maximum absolute atomic E-state index is 12.8.